The van der Waals surface area contributed by atoms with E-state index >= 15 is 0 Å². The normalized spacial score (nSPS) is 26.2. The molecule has 2 aromatic carbocycles. The van der Waals surface area contributed by atoms with Crippen molar-refractivity contribution < 1.29 is 29.0 Å². The molecule has 0 radical (unpaired) electrons. The summed E-state index contributed by atoms with van der Waals surface area (Å²) in [7, 11) is 1.49. The van der Waals surface area contributed by atoms with E-state index in [4.69, 9.17) is 16.3 Å². The number of phenolic OH excluding ortho intramolecular Hbond substituents is 1. The van der Waals surface area contributed by atoms with E-state index in [1.54, 1.807) is 37.3 Å². The number of hydrogen-bond donors (Lipinski definition) is 1. The van der Waals surface area contributed by atoms with Crippen molar-refractivity contribution in [3.05, 3.63) is 87.0 Å². The van der Waals surface area contributed by atoms with Crippen LogP contribution in [0.5, 0.6) is 11.5 Å². The van der Waals surface area contributed by atoms with Crippen LogP contribution in [0.15, 0.2) is 70.8 Å². The summed E-state index contributed by atoms with van der Waals surface area (Å²) < 4.78 is 5.24. The van der Waals surface area contributed by atoms with Crippen molar-refractivity contribution in [2.24, 2.45) is 17.8 Å². The maximum atomic E-state index is 13.9. The Kier molecular flexibility index (Phi) is 5.88. The monoisotopic (exact) mass is 543 g/mol. The standard InChI is InChI=1S/C31H26ClNO6/c1-14-4-5-16(11-23(14)32)33-30(37)20-9-8-18-21(27(20)31(33)38)13-22-24(34)10-15(2)29(36)28(22)26(18)19-7-6-17(39-3)12-25(19)35/h4-8,10-12,20-21,26-27,35H,9,13H2,1-3H3. The number of ether oxygens (including phenoxy) is 1. The smallest absolute Gasteiger partial charge is 0.238 e. The number of fused-ring (bicyclic) bond motifs is 3. The van der Waals surface area contributed by atoms with E-state index in [-0.39, 0.29) is 35.6 Å². The number of methoxy groups -OCH3 is 1. The first-order valence-electron chi connectivity index (χ1n) is 12.8. The molecular formula is C31H26ClNO6. The minimum absolute atomic E-state index is 0.0768. The summed E-state index contributed by atoms with van der Waals surface area (Å²) in [5, 5.41) is 11.5. The Labute approximate surface area is 230 Å². The van der Waals surface area contributed by atoms with E-state index in [2.05, 4.69) is 0 Å². The van der Waals surface area contributed by atoms with Gasteiger partial charge in [-0.3, -0.25) is 19.2 Å². The predicted molar refractivity (Wildman–Crippen MR) is 145 cm³/mol. The van der Waals surface area contributed by atoms with Crippen LogP contribution in [0.25, 0.3) is 0 Å². The molecule has 4 unspecified atom stereocenters. The van der Waals surface area contributed by atoms with E-state index in [0.29, 0.717) is 45.2 Å². The maximum Gasteiger partial charge on any atom is 0.238 e. The lowest BCUT2D eigenvalue weighted by atomic mass is 9.59. The van der Waals surface area contributed by atoms with Gasteiger partial charge in [-0.1, -0.05) is 35.4 Å². The first-order chi connectivity index (χ1) is 18.6. The highest BCUT2D eigenvalue weighted by Gasteiger charge is 2.56. The molecule has 0 bridgehead atoms. The van der Waals surface area contributed by atoms with Crippen molar-refractivity contribution in [3.63, 3.8) is 0 Å². The molecule has 39 heavy (non-hydrogen) atoms. The van der Waals surface area contributed by atoms with E-state index in [0.717, 1.165) is 11.1 Å². The minimum atomic E-state index is -0.725. The van der Waals surface area contributed by atoms with Crippen molar-refractivity contribution in [3.8, 4) is 11.5 Å². The summed E-state index contributed by atoms with van der Waals surface area (Å²) in [6.45, 7) is 3.45. The molecule has 0 spiro atoms. The number of amides is 2. The van der Waals surface area contributed by atoms with Crippen LogP contribution in [0, 0.1) is 24.7 Å². The zero-order valence-corrected chi connectivity index (χ0v) is 22.4. The van der Waals surface area contributed by atoms with Crippen LogP contribution < -0.4 is 9.64 Å². The molecule has 1 fully saturated rings. The van der Waals surface area contributed by atoms with Crippen molar-refractivity contribution >= 4 is 40.7 Å². The first kappa shape index (κ1) is 25.3. The zero-order chi connectivity index (χ0) is 27.7. The van der Waals surface area contributed by atoms with E-state index in [1.807, 2.05) is 13.0 Å². The van der Waals surface area contributed by atoms with Crippen molar-refractivity contribution in [2.45, 2.75) is 32.6 Å². The van der Waals surface area contributed by atoms with Gasteiger partial charge in [-0.25, -0.2) is 4.90 Å². The topological polar surface area (TPSA) is 101 Å². The second-order valence-electron chi connectivity index (χ2n) is 10.6. The van der Waals surface area contributed by atoms with Crippen LogP contribution in [-0.4, -0.2) is 35.6 Å². The third-order valence-corrected chi connectivity index (χ3v) is 8.93. The van der Waals surface area contributed by atoms with Gasteiger partial charge in [-0.05, 0) is 62.4 Å². The Bertz CT molecular complexity index is 1600. The Morgan fingerprint density at radius 3 is 2.46 bits per heavy atom. The highest BCUT2D eigenvalue weighted by Crippen LogP contribution is 2.56. The number of hydrogen-bond acceptors (Lipinski definition) is 6. The molecule has 1 heterocycles. The summed E-state index contributed by atoms with van der Waals surface area (Å²) >= 11 is 6.32. The first-order valence-corrected chi connectivity index (χ1v) is 13.2. The minimum Gasteiger partial charge on any atom is -0.507 e. The largest absolute Gasteiger partial charge is 0.507 e. The molecule has 7 nitrogen and oxygen atoms in total. The quantitative estimate of drug-likeness (QED) is 0.332. The molecule has 2 amide bonds. The summed E-state index contributed by atoms with van der Waals surface area (Å²) in [4.78, 5) is 55.5. The van der Waals surface area contributed by atoms with Gasteiger partial charge in [0.15, 0.2) is 11.6 Å². The van der Waals surface area contributed by atoms with Gasteiger partial charge >= 0.3 is 0 Å². The molecule has 4 atom stereocenters. The fourth-order valence-corrected chi connectivity index (χ4v) is 6.76. The molecule has 8 heteroatoms. The fourth-order valence-electron chi connectivity index (χ4n) is 6.59. The van der Waals surface area contributed by atoms with E-state index in [1.165, 1.54) is 24.2 Å². The van der Waals surface area contributed by atoms with Gasteiger partial charge in [0.05, 0.1) is 24.6 Å². The van der Waals surface area contributed by atoms with Crippen molar-refractivity contribution in [2.75, 3.05) is 12.0 Å². The van der Waals surface area contributed by atoms with Gasteiger partial charge in [-0.15, -0.1) is 0 Å². The number of halogens is 1. The molecule has 1 saturated heterocycles. The number of ketones is 2. The molecule has 3 aliphatic carbocycles. The summed E-state index contributed by atoms with van der Waals surface area (Å²) in [5.41, 5.74) is 3.48. The van der Waals surface area contributed by atoms with Crippen LogP contribution in [0.2, 0.25) is 5.02 Å². The van der Waals surface area contributed by atoms with E-state index < -0.39 is 23.7 Å². The number of nitrogens with zero attached hydrogens (tertiary/aromatic N) is 1. The number of phenols is 1. The van der Waals surface area contributed by atoms with Crippen LogP contribution >= 0.6 is 11.6 Å². The number of aromatic hydroxyl groups is 1. The summed E-state index contributed by atoms with van der Waals surface area (Å²) in [6, 6.07) is 9.94. The number of rotatable bonds is 3. The number of aryl methyl sites for hydroxylation is 1. The molecule has 1 N–H and O–H groups in total. The molecule has 4 aliphatic rings. The van der Waals surface area contributed by atoms with Gasteiger partial charge < -0.3 is 9.84 Å². The number of benzene rings is 2. The maximum absolute atomic E-state index is 13.9. The highest BCUT2D eigenvalue weighted by molar-refractivity contribution is 6.32. The Morgan fingerprint density at radius 2 is 1.77 bits per heavy atom. The van der Waals surface area contributed by atoms with Crippen LogP contribution in [0.3, 0.4) is 0 Å². The number of carbonyl (C=O) groups excluding carboxylic acids is 4. The third kappa shape index (κ3) is 3.71. The predicted octanol–water partition coefficient (Wildman–Crippen LogP) is 5.00. The summed E-state index contributed by atoms with van der Waals surface area (Å²) in [5.74, 6) is -3.31. The van der Waals surface area contributed by atoms with E-state index in [9.17, 15) is 24.3 Å². The lowest BCUT2D eigenvalue weighted by Crippen LogP contribution is -2.39. The molecule has 198 valence electrons. The number of anilines is 1. The third-order valence-electron chi connectivity index (χ3n) is 8.53. The van der Waals surface area contributed by atoms with Gasteiger partial charge in [0.25, 0.3) is 0 Å². The number of imide groups is 1. The lowest BCUT2D eigenvalue weighted by Gasteiger charge is -2.42. The number of carbonyl (C=O) groups is 4. The molecular weight excluding hydrogens is 518 g/mol. The van der Waals surface area contributed by atoms with Gasteiger partial charge in [-0.2, -0.15) is 0 Å². The summed E-state index contributed by atoms with van der Waals surface area (Å²) in [6.07, 6.45) is 3.74. The van der Waals surface area contributed by atoms with Crippen LogP contribution in [0.1, 0.15) is 36.8 Å². The second kappa shape index (κ2) is 9.06. The van der Waals surface area contributed by atoms with Crippen molar-refractivity contribution in [1.29, 1.82) is 0 Å². The highest BCUT2D eigenvalue weighted by atomic mass is 35.5. The van der Waals surface area contributed by atoms with Gasteiger partial charge in [0.2, 0.25) is 11.8 Å². The molecule has 0 aromatic heterocycles. The SMILES string of the molecule is COc1ccc(C2C3=CCC4C(=O)N(c5ccc(C)c(Cl)c5)C(=O)C4C3CC3=C2C(=O)C(C)=CC3=O)c(O)c1. The average Bonchev–Trinajstić information content (AvgIpc) is 3.17. The number of Topliss-reactive ketones (excluding diaryl/α,β-unsaturated/α-hetero) is 1. The van der Waals surface area contributed by atoms with Crippen LogP contribution in [-0.2, 0) is 19.2 Å². The Morgan fingerprint density at radius 1 is 1.00 bits per heavy atom. The van der Waals surface area contributed by atoms with Gasteiger partial charge in [0, 0.05) is 39.3 Å². The van der Waals surface area contributed by atoms with Crippen LogP contribution in [0.4, 0.5) is 5.69 Å². The Hall–Kier alpha value is -3.97. The molecule has 2 aromatic rings. The van der Waals surface area contributed by atoms with Crippen molar-refractivity contribution in [1.82, 2.24) is 0 Å². The average molecular weight is 544 g/mol. The van der Waals surface area contributed by atoms with Gasteiger partial charge in [0.1, 0.15) is 11.5 Å². The zero-order valence-electron chi connectivity index (χ0n) is 21.7. The second-order valence-corrected chi connectivity index (χ2v) is 11.0. The number of allylic oxidation sites excluding steroid dienone is 6. The molecule has 6 rings (SSSR count). The Balaban J connectivity index is 1.49. The molecule has 1 aliphatic heterocycles. The fraction of sp³-hybridized carbons (Fsp3) is 0.290. The molecule has 0 saturated carbocycles. The lowest BCUT2D eigenvalue weighted by molar-refractivity contribution is -0.123.